The number of hydrogen-bond donors (Lipinski definition) is 3. The monoisotopic (exact) mass is 286 g/mol. The van der Waals surface area contributed by atoms with E-state index in [1.165, 1.54) is 6.07 Å². The number of benzene rings is 2. The van der Waals surface area contributed by atoms with E-state index in [-0.39, 0.29) is 5.56 Å². The number of hydrogen-bond acceptors (Lipinski definition) is 4. The topological polar surface area (TPSA) is 84.6 Å². The smallest absolute Gasteiger partial charge is 0.337 e. The zero-order valence-electron chi connectivity index (χ0n) is 12.2. The minimum Gasteiger partial charge on any atom is -0.496 e. The van der Waals surface area contributed by atoms with Gasteiger partial charge in [0.15, 0.2) is 0 Å². The Kier molecular flexibility index (Phi) is 4.03. The number of aromatic carboxylic acids is 1. The maximum Gasteiger partial charge on any atom is 0.337 e. The second-order valence-electron chi connectivity index (χ2n) is 4.87. The molecule has 110 valence electrons. The number of rotatable bonds is 4. The molecule has 0 unspecified atom stereocenters. The fourth-order valence-corrected chi connectivity index (χ4v) is 2.17. The molecule has 0 saturated heterocycles. The van der Waals surface area contributed by atoms with E-state index in [1.54, 1.807) is 14.0 Å². The lowest BCUT2D eigenvalue weighted by molar-refractivity contribution is 0.0698. The van der Waals surface area contributed by atoms with Gasteiger partial charge in [-0.25, -0.2) is 4.79 Å². The summed E-state index contributed by atoms with van der Waals surface area (Å²) in [6, 6.07) is 9.02. The van der Waals surface area contributed by atoms with Crippen molar-refractivity contribution in [3.8, 4) is 5.75 Å². The van der Waals surface area contributed by atoms with Crippen molar-refractivity contribution in [2.24, 2.45) is 0 Å². The van der Waals surface area contributed by atoms with Crippen molar-refractivity contribution >= 4 is 23.0 Å². The van der Waals surface area contributed by atoms with Crippen molar-refractivity contribution < 1.29 is 14.6 Å². The predicted molar refractivity (Wildman–Crippen MR) is 83.6 cm³/mol. The molecule has 4 N–H and O–H groups in total. The Morgan fingerprint density at radius 2 is 1.81 bits per heavy atom. The highest BCUT2D eigenvalue weighted by molar-refractivity contribution is 5.96. The van der Waals surface area contributed by atoms with Crippen LogP contribution in [0.5, 0.6) is 5.75 Å². The van der Waals surface area contributed by atoms with Crippen LogP contribution in [0.1, 0.15) is 21.5 Å². The van der Waals surface area contributed by atoms with Crippen molar-refractivity contribution in [1.82, 2.24) is 0 Å². The molecule has 5 heteroatoms. The number of nitrogens with two attached hydrogens (primary N) is 1. The molecule has 2 rings (SSSR count). The summed E-state index contributed by atoms with van der Waals surface area (Å²) in [7, 11) is 1.62. The maximum atomic E-state index is 11.2. The van der Waals surface area contributed by atoms with Crippen molar-refractivity contribution in [3.63, 3.8) is 0 Å². The van der Waals surface area contributed by atoms with Gasteiger partial charge in [-0.1, -0.05) is 0 Å². The summed E-state index contributed by atoms with van der Waals surface area (Å²) in [6.45, 7) is 3.73. The summed E-state index contributed by atoms with van der Waals surface area (Å²) in [6.07, 6.45) is 0. The number of carbonyl (C=O) groups is 1. The number of ether oxygens (including phenoxy) is 1. The van der Waals surface area contributed by atoms with E-state index in [0.29, 0.717) is 11.4 Å². The summed E-state index contributed by atoms with van der Waals surface area (Å²) in [4.78, 5) is 11.2. The standard InChI is InChI=1S/C16H18N2O3/c1-9-6-11(4-5-14(9)21-3)18-12-7-10(2)15(17)13(8-12)16(19)20/h4-8,18H,17H2,1-3H3,(H,19,20). The molecular formula is C16H18N2O3. The first kappa shape index (κ1) is 14.7. The first-order valence-electron chi connectivity index (χ1n) is 6.47. The van der Waals surface area contributed by atoms with Crippen LogP contribution in [0.15, 0.2) is 30.3 Å². The van der Waals surface area contributed by atoms with Crippen LogP contribution in [0.3, 0.4) is 0 Å². The quantitative estimate of drug-likeness (QED) is 0.751. The van der Waals surface area contributed by atoms with E-state index in [4.69, 9.17) is 15.6 Å². The third kappa shape index (κ3) is 3.08. The Hall–Kier alpha value is -2.69. The van der Waals surface area contributed by atoms with Crippen LogP contribution >= 0.6 is 0 Å². The largest absolute Gasteiger partial charge is 0.496 e. The molecule has 0 amide bonds. The number of carboxylic acids is 1. The lowest BCUT2D eigenvalue weighted by Gasteiger charge is -2.13. The Balaban J connectivity index is 2.35. The van der Waals surface area contributed by atoms with E-state index in [0.717, 1.165) is 22.6 Å². The van der Waals surface area contributed by atoms with Gasteiger partial charge in [-0.05, 0) is 55.3 Å². The molecule has 0 aromatic heterocycles. The summed E-state index contributed by atoms with van der Waals surface area (Å²) in [5.74, 6) is -0.231. The SMILES string of the molecule is COc1ccc(Nc2cc(C)c(N)c(C(=O)O)c2)cc1C. The van der Waals surface area contributed by atoms with E-state index < -0.39 is 5.97 Å². The van der Waals surface area contributed by atoms with Gasteiger partial charge in [0.05, 0.1) is 12.7 Å². The van der Waals surface area contributed by atoms with Crippen molar-refractivity contribution in [3.05, 3.63) is 47.0 Å². The average Bonchev–Trinajstić information content (AvgIpc) is 2.42. The van der Waals surface area contributed by atoms with Crippen molar-refractivity contribution in [2.75, 3.05) is 18.2 Å². The first-order valence-corrected chi connectivity index (χ1v) is 6.47. The predicted octanol–water partition coefficient (Wildman–Crippen LogP) is 3.34. The molecule has 0 aliphatic rings. The van der Waals surface area contributed by atoms with Gasteiger partial charge >= 0.3 is 5.97 Å². The van der Waals surface area contributed by atoms with Crippen LogP contribution in [0.2, 0.25) is 0 Å². The van der Waals surface area contributed by atoms with Gasteiger partial charge in [0, 0.05) is 17.1 Å². The highest BCUT2D eigenvalue weighted by atomic mass is 16.5. The van der Waals surface area contributed by atoms with Gasteiger partial charge in [-0.3, -0.25) is 0 Å². The number of nitrogen functional groups attached to an aromatic ring is 1. The lowest BCUT2D eigenvalue weighted by Crippen LogP contribution is -2.05. The van der Waals surface area contributed by atoms with Gasteiger partial charge in [0.1, 0.15) is 5.75 Å². The molecule has 0 radical (unpaired) electrons. The molecule has 21 heavy (non-hydrogen) atoms. The molecule has 0 aliphatic heterocycles. The third-order valence-corrected chi connectivity index (χ3v) is 3.30. The molecule has 0 aliphatic carbocycles. The second kappa shape index (κ2) is 5.75. The molecule has 0 bridgehead atoms. The average molecular weight is 286 g/mol. The van der Waals surface area contributed by atoms with Crippen molar-refractivity contribution in [2.45, 2.75) is 13.8 Å². The fraction of sp³-hybridized carbons (Fsp3) is 0.188. The van der Waals surface area contributed by atoms with E-state index in [9.17, 15) is 4.79 Å². The number of carboxylic acid groups (broad SMARTS) is 1. The van der Waals surface area contributed by atoms with E-state index in [2.05, 4.69) is 5.32 Å². The van der Waals surface area contributed by atoms with Gasteiger partial charge < -0.3 is 20.9 Å². The molecule has 2 aromatic carbocycles. The third-order valence-electron chi connectivity index (χ3n) is 3.30. The van der Waals surface area contributed by atoms with Crippen LogP contribution in [0.25, 0.3) is 0 Å². The molecule has 0 spiro atoms. The first-order chi connectivity index (χ1) is 9.92. The molecule has 0 atom stereocenters. The van der Waals surface area contributed by atoms with Gasteiger partial charge in [-0.2, -0.15) is 0 Å². The normalized spacial score (nSPS) is 10.2. The van der Waals surface area contributed by atoms with Crippen LogP contribution in [0.4, 0.5) is 17.1 Å². The number of aryl methyl sites for hydroxylation is 2. The van der Waals surface area contributed by atoms with E-state index >= 15 is 0 Å². The minimum atomic E-state index is -1.04. The second-order valence-corrected chi connectivity index (χ2v) is 4.87. The Labute approximate surface area is 123 Å². The molecule has 0 saturated carbocycles. The molecule has 2 aromatic rings. The molecule has 0 fully saturated rings. The Morgan fingerprint density at radius 3 is 2.38 bits per heavy atom. The highest BCUT2D eigenvalue weighted by Gasteiger charge is 2.12. The summed E-state index contributed by atoms with van der Waals surface area (Å²) >= 11 is 0. The van der Waals surface area contributed by atoms with Gasteiger partial charge in [0.25, 0.3) is 0 Å². The Bertz CT molecular complexity index is 696. The molecular weight excluding hydrogens is 268 g/mol. The summed E-state index contributed by atoms with van der Waals surface area (Å²) < 4.78 is 5.21. The summed E-state index contributed by atoms with van der Waals surface area (Å²) in [5.41, 5.74) is 9.43. The number of anilines is 3. The lowest BCUT2D eigenvalue weighted by atomic mass is 10.1. The fourth-order valence-electron chi connectivity index (χ4n) is 2.17. The number of methoxy groups -OCH3 is 1. The van der Waals surface area contributed by atoms with Crippen LogP contribution in [0, 0.1) is 13.8 Å². The van der Waals surface area contributed by atoms with E-state index in [1.807, 2.05) is 31.2 Å². The van der Waals surface area contributed by atoms with Crippen molar-refractivity contribution in [1.29, 1.82) is 0 Å². The number of nitrogens with one attached hydrogen (secondary N) is 1. The highest BCUT2D eigenvalue weighted by Crippen LogP contribution is 2.27. The van der Waals surface area contributed by atoms with Gasteiger partial charge in [-0.15, -0.1) is 0 Å². The van der Waals surface area contributed by atoms with Crippen LogP contribution in [-0.4, -0.2) is 18.2 Å². The molecule has 0 heterocycles. The zero-order chi connectivity index (χ0) is 15.6. The Morgan fingerprint density at radius 1 is 1.14 bits per heavy atom. The molecule has 5 nitrogen and oxygen atoms in total. The minimum absolute atomic E-state index is 0.0998. The zero-order valence-corrected chi connectivity index (χ0v) is 12.2. The maximum absolute atomic E-state index is 11.2. The van der Waals surface area contributed by atoms with Gasteiger partial charge in [0.2, 0.25) is 0 Å². The van der Waals surface area contributed by atoms with Crippen LogP contribution < -0.4 is 15.8 Å². The summed E-state index contributed by atoms with van der Waals surface area (Å²) in [5, 5.41) is 12.4. The van der Waals surface area contributed by atoms with Crippen LogP contribution in [-0.2, 0) is 0 Å².